The Bertz CT molecular complexity index is 290. The lowest BCUT2D eigenvalue weighted by Crippen LogP contribution is -2.42. The zero-order valence-corrected chi connectivity index (χ0v) is 10.1. The van der Waals surface area contributed by atoms with Crippen molar-refractivity contribution in [2.45, 2.75) is 32.7 Å². The van der Waals surface area contributed by atoms with Crippen LogP contribution in [0.4, 0.5) is 0 Å². The molecule has 1 rings (SSSR count). The molecule has 0 saturated heterocycles. The molecule has 2 heteroatoms. The van der Waals surface area contributed by atoms with Gasteiger partial charge in [0.05, 0.1) is 0 Å². The normalized spacial score (nSPS) is 11.5. The maximum atomic E-state index is 5.70. The Labute approximate surface area is 92.6 Å². The van der Waals surface area contributed by atoms with Gasteiger partial charge in [-0.3, -0.25) is 0 Å². The van der Waals surface area contributed by atoms with E-state index in [-0.39, 0.29) is 5.54 Å². The molecule has 0 spiro atoms. The SMILES string of the molecule is CCc1ccc(OCC(C)(C)NC)cc1. The van der Waals surface area contributed by atoms with E-state index in [2.05, 4.69) is 38.2 Å². The highest BCUT2D eigenvalue weighted by atomic mass is 16.5. The van der Waals surface area contributed by atoms with Gasteiger partial charge in [-0.05, 0) is 45.0 Å². The molecule has 0 radical (unpaired) electrons. The van der Waals surface area contributed by atoms with E-state index in [1.165, 1.54) is 5.56 Å². The van der Waals surface area contributed by atoms with E-state index in [0.717, 1.165) is 12.2 Å². The molecule has 0 heterocycles. The lowest BCUT2D eigenvalue weighted by molar-refractivity contribution is 0.217. The van der Waals surface area contributed by atoms with E-state index >= 15 is 0 Å². The number of likely N-dealkylation sites (N-methyl/N-ethyl adjacent to an activating group) is 1. The molecule has 0 aliphatic rings. The minimum atomic E-state index is 0.0173. The van der Waals surface area contributed by atoms with Gasteiger partial charge in [0.2, 0.25) is 0 Å². The average molecular weight is 207 g/mol. The Morgan fingerprint density at radius 1 is 1.20 bits per heavy atom. The van der Waals surface area contributed by atoms with E-state index in [1.807, 2.05) is 19.2 Å². The van der Waals surface area contributed by atoms with Gasteiger partial charge < -0.3 is 10.1 Å². The molecular formula is C13H21NO. The van der Waals surface area contributed by atoms with Gasteiger partial charge in [-0.15, -0.1) is 0 Å². The van der Waals surface area contributed by atoms with Crippen LogP contribution in [0.2, 0.25) is 0 Å². The molecule has 0 fully saturated rings. The number of rotatable bonds is 5. The summed E-state index contributed by atoms with van der Waals surface area (Å²) in [5.41, 5.74) is 1.36. The number of hydrogen-bond donors (Lipinski definition) is 1. The number of hydrogen-bond acceptors (Lipinski definition) is 2. The molecule has 2 nitrogen and oxygen atoms in total. The molecule has 84 valence electrons. The van der Waals surface area contributed by atoms with Crippen LogP contribution in [0.25, 0.3) is 0 Å². The topological polar surface area (TPSA) is 21.3 Å². The monoisotopic (exact) mass is 207 g/mol. The Balaban J connectivity index is 2.51. The van der Waals surface area contributed by atoms with Crippen LogP contribution in [-0.2, 0) is 6.42 Å². The molecule has 0 aromatic heterocycles. The summed E-state index contributed by atoms with van der Waals surface area (Å²) in [4.78, 5) is 0. The molecule has 15 heavy (non-hydrogen) atoms. The molecular weight excluding hydrogens is 186 g/mol. The molecule has 0 bridgehead atoms. The van der Waals surface area contributed by atoms with Crippen LogP contribution in [0.3, 0.4) is 0 Å². The molecule has 0 saturated carbocycles. The van der Waals surface area contributed by atoms with Gasteiger partial charge in [-0.25, -0.2) is 0 Å². The summed E-state index contributed by atoms with van der Waals surface area (Å²) in [6.45, 7) is 7.07. The van der Waals surface area contributed by atoms with E-state index < -0.39 is 0 Å². The molecule has 0 unspecified atom stereocenters. The molecule has 1 N–H and O–H groups in total. The minimum absolute atomic E-state index is 0.0173. The summed E-state index contributed by atoms with van der Waals surface area (Å²) in [6, 6.07) is 8.29. The fraction of sp³-hybridized carbons (Fsp3) is 0.538. The van der Waals surface area contributed by atoms with Crippen LogP contribution in [-0.4, -0.2) is 19.2 Å². The van der Waals surface area contributed by atoms with Gasteiger partial charge in [0.15, 0.2) is 0 Å². The van der Waals surface area contributed by atoms with Crippen molar-refractivity contribution >= 4 is 0 Å². The lowest BCUT2D eigenvalue weighted by Gasteiger charge is -2.24. The molecule has 0 atom stereocenters. The summed E-state index contributed by atoms with van der Waals surface area (Å²) in [7, 11) is 1.95. The quantitative estimate of drug-likeness (QED) is 0.801. The van der Waals surface area contributed by atoms with Crippen molar-refractivity contribution in [3.05, 3.63) is 29.8 Å². The number of benzene rings is 1. The van der Waals surface area contributed by atoms with Crippen LogP contribution in [0.15, 0.2) is 24.3 Å². The van der Waals surface area contributed by atoms with E-state index in [9.17, 15) is 0 Å². The Morgan fingerprint density at radius 2 is 1.80 bits per heavy atom. The predicted octanol–water partition coefficient (Wildman–Crippen LogP) is 2.63. The number of nitrogens with one attached hydrogen (secondary N) is 1. The summed E-state index contributed by atoms with van der Waals surface area (Å²) in [5.74, 6) is 0.940. The van der Waals surface area contributed by atoms with Crippen LogP contribution < -0.4 is 10.1 Å². The first-order valence-corrected chi connectivity index (χ1v) is 5.48. The second kappa shape index (κ2) is 5.17. The van der Waals surface area contributed by atoms with Gasteiger partial charge in [0.25, 0.3) is 0 Å². The zero-order chi connectivity index (χ0) is 11.3. The summed E-state index contributed by atoms with van der Waals surface area (Å²) < 4.78 is 5.70. The maximum Gasteiger partial charge on any atom is 0.119 e. The van der Waals surface area contributed by atoms with Gasteiger partial charge in [-0.2, -0.15) is 0 Å². The largest absolute Gasteiger partial charge is 0.492 e. The van der Waals surface area contributed by atoms with Crippen molar-refractivity contribution in [1.82, 2.24) is 5.32 Å². The van der Waals surface area contributed by atoms with Gasteiger partial charge in [0, 0.05) is 5.54 Å². The molecule has 0 amide bonds. The zero-order valence-electron chi connectivity index (χ0n) is 10.1. The van der Waals surface area contributed by atoms with Crippen molar-refractivity contribution in [2.75, 3.05) is 13.7 Å². The Morgan fingerprint density at radius 3 is 2.27 bits per heavy atom. The molecule has 1 aromatic rings. The van der Waals surface area contributed by atoms with Crippen molar-refractivity contribution in [3.63, 3.8) is 0 Å². The van der Waals surface area contributed by atoms with Gasteiger partial charge in [-0.1, -0.05) is 19.1 Å². The molecule has 0 aliphatic carbocycles. The van der Waals surface area contributed by atoms with E-state index in [4.69, 9.17) is 4.74 Å². The second-order valence-corrected chi connectivity index (χ2v) is 4.42. The predicted molar refractivity (Wildman–Crippen MR) is 64.5 cm³/mol. The van der Waals surface area contributed by atoms with Gasteiger partial charge >= 0.3 is 0 Å². The molecule has 1 aromatic carbocycles. The van der Waals surface area contributed by atoms with Crippen molar-refractivity contribution < 1.29 is 4.74 Å². The van der Waals surface area contributed by atoms with Crippen molar-refractivity contribution in [1.29, 1.82) is 0 Å². The first-order chi connectivity index (χ1) is 7.07. The van der Waals surface area contributed by atoms with Crippen molar-refractivity contribution in [2.24, 2.45) is 0 Å². The smallest absolute Gasteiger partial charge is 0.119 e. The summed E-state index contributed by atoms with van der Waals surface area (Å²) in [6.07, 6.45) is 1.07. The summed E-state index contributed by atoms with van der Waals surface area (Å²) in [5, 5.41) is 3.21. The second-order valence-electron chi connectivity index (χ2n) is 4.42. The Hall–Kier alpha value is -1.02. The number of aryl methyl sites for hydroxylation is 1. The first-order valence-electron chi connectivity index (χ1n) is 5.48. The van der Waals surface area contributed by atoms with Crippen molar-refractivity contribution in [3.8, 4) is 5.75 Å². The van der Waals surface area contributed by atoms with Gasteiger partial charge in [0.1, 0.15) is 12.4 Å². The van der Waals surface area contributed by atoms with E-state index in [1.54, 1.807) is 0 Å². The fourth-order valence-electron chi connectivity index (χ4n) is 1.16. The third-order valence-electron chi connectivity index (χ3n) is 2.61. The van der Waals surface area contributed by atoms with Crippen LogP contribution in [0.1, 0.15) is 26.3 Å². The molecule has 0 aliphatic heterocycles. The van der Waals surface area contributed by atoms with Crippen LogP contribution in [0, 0.1) is 0 Å². The van der Waals surface area contributed by atoms with E-state index in [0.29, 0.717) is 6.61 Å². The third-order valence-corrected chi connectivity index (χ3v) is 2.61. The maximum absolute atomic E-state index is 5.70. The lowest BCUT2D eigenvalue weighted by atomic mass is 10.1. The van der Waals surface area contributed by atoms with Crippen LogP contribution >= 0.6 is 0 Å². The highest BCUT2D eigenvalue weighted by molar-refractivity contribution is 5.27. The highest BCUT2D eigenvalue weighted by Crippen LogP contribution is 2.14. The first kappa shape index (κ1) is 12.1. The Kier molecular flexibility index (Phi) is 4.15. The average Bonchev–Trinajstić information content (AvgIpc) is 2.27. The highest BCUT2D eigenvalue weighted by Gasteiger charge is 2.15. The minimum Gasteiger partial charge on any atom is -0.492 e. The third kappa shape index (κ3) is 3.92. The fourth-order valence-corrected chi connectivity index (χ4v) is 1.16. The number of ether oxygens (including phenoxy) is 1. The van der Waals surface area contributed by atoms with Crippen LogP contribution in [0.5, 0.6) is 5.75 Å². The summed E-state index contributed by atoms with van der Waals surface area (Å²) >= 11 is 0. The standard InChI is InChI=1S/C13H21NO/c1-5-11-6-8-12(9-7-11)15-10-13(2,3)14-4/h6-9,14H,5,10H2,1-4H3.